The van der Waals surface area contributed by atoms with Crippen LogP contribution in [-0.4, -0.2) is 31.6 Å². The minimum absolute atomic E-state index is 0.268. The lowest BCUT2D eigenvalue weighted by Gasteiger charge is -2.28. The molecule has 0 bridgehead atoms. The fourth-order valence-corrected chi connectivity index (χ4v) is 3.61. The van der Waals surface area contributed by atoms with Crippen molar-refractivity contribution in [3.05, 3.63) is 59.4 Å². The second kappa shape index (κ2) is 7.63. The zero-order chi connectivity index (χ0) is 17.7. The summed E-state index contributed by atoms with van der Waals surface area (Å²) in [4.78, 5) is 16.4. The van der Waals surface area contributed by atoms with E-state index in [0.29, 0.717) is 10.7 Å². The highest BCUT2D eigenvalue weighted by atomic mass is 35.5. The molecule has 2 rings (SSSR count). The van der Waals surface area contributed by atoms with Crippen molar-refractivity contribution in [3.8, 4) is 0 Å². The molecule has 1 heterocycles. The number of hydrogen-bond donors (Lipinski definition) is 1. The molecule has 0 saturated heterocycles. The summed E-state index contributed by atoms with van der Waals surface area (Å²) in [5, 5.41) is 3.11. The van der Waals surface area contributed by atoms with Gasteiger partial charge in [-0.1, -0.05) is 23.7 Å². The van der Waals surface area contributed by atoms with E-state index in [9.17, 15) is 13.2 Å². The van der Waals surface area contributed by atoms with Crippen molar-refractivity contribution in [1.82, 2.24) is 10.3 Å². The fraction of sp³-hybridized carbons (Fsp3) is 0.250. The van der Waals surface area contributed by atoms with Crippen molar-refractivity contribution < 1.29 is 13.2 Å². The van der Waals surface area contributed by atoms with E-state index in [2.05, 4.69) is 10.3 Å². The van der Waals surface area contributed by atoms with Gasteiger partial charge in [-0.25, -0.2) is 8.42 Å². The van der Waals surface area contributed by atoms with Crippen LogP contribution in [-0.2, 0) is 21.4 Å². The number of carbonyl (C=O) groups is 1. The largest absolute Gasteiger partial charge is 0.350 e. The summed E-state index contributed by atoms with van der Waals surface area (Å²) >= 11 is 5.94. The molecule has 0 aliphatic heterocycles. The molecule has 0 unspecified atom stereocenters. The van der Waals surface area contributed by atoms with Gasteiger partial charge < -0.3 is 5.32 Å². The third-order valence-electron chi connectivity index (χ3n) is 3.34. The Hall–Kier alpha value is -2.12. The highest BCUT2D eigenvalue weighted by Crippen LogP contribution is 2.24. The Labute approximate surface area is 146 Å². The number of rotatable bonds is 6. The van der Waals surface area contributed by atoms with Gasteiger partial charge in [-0.2, -0.15) is 0 Å². The molecule has 0 radical (unpaired) electrons. The fourth-order valence-electron chi connectivity index (χ4n) is 2.26. The van der Waals surface area contributed by atoms with E-state index in [4.69, 9.17) is 11.6 Å². The molecule has 0 spiro atoms. The number of carbonyl (C=O) groups excluding carboxylic acids is 1. The maximum atomic E-state index is 12.4. The van der Waals surface area contributed by atoms with Crippen LogP contribution < -0.4 is 9.62 Å². The van der Waals surface area contributed by atoms with Gasteiger partial charge in [-0.3, -0.25) is 14.1 Å². The van der Waals surface area contributed by atoms with Crippen molar-refractivity contribution in [2.24, 2.45) is 0 Å². The van der Waals surface area contributed by atoms with Crippen LogP contribution >= 0.6 is 11.6 Å². The number of pyridine rings is 1. The predicted molar refractivity (Wildman–Crippen MR) is 94.3 cm³/mol. The quantitative estimate of drug-likeness (QED) is 0.848. The Bertz CT molecular complexity index is 812. The molecule has 1 N–H and O–H groups in total. The number of sulfonamides is 1. The molecule has 0 saturated carbocycles. The first-order valence-corrected chi connectivity index (χ1v) is 9.43. The van der Waals surface area contributed by atoms with Crippen molar-refractivity contribution >= 4 is 33.2 Å². The Morgan fingerprint density at radius 1 is 1.33 bits per heavy atom. The number of aromatic nitrogens is 1. The number of anilines is 1. The molecule has 2 aromatic rings. The van der Waals surface area contributed by atoms with E-state index in [1.165, 1.54) is 13.0 Å². The Balaban J connectivity index is 2.19. The van der Waals surface area contributed by atoms with Gasteiger partial charge in [0.25, 0.3) is 0 Å². The monoisotopic (exact) mass is 367 g/mol. The highest BCUT2D eigenvalue weighted by molar-refractivity contribution is 7.92. The standard InChI is InChI=1S/C16H18ClN3O3S/c1-12(16(21)19-11-13-5-4-8-18-10-13)20(24(2,22)23)15-7-3-6-14(17)9-15/h3-10,12H,11H2,1-2H3,(H,19,21)/t12-/m1/s1. The van der Waals surface area contributed by atoms with E-state index < -0.39 is 22.0 Å². The lowest BCUT2D eigenvalue weighted by Crippen LogP contribution is -2.47. The zero-order valence-electron chi connectivity index (χ0n) is 13.3. The summed E-state index contributed by atoms with van der Waals surface area (Å²) < 4.78 is 25.4. The average Bonchev–Trinajstić information content (AvgIpc) is 2.52. The van der Waals surface area contributed by atoms with Crippen LogP contribution in [0.4, 0.5) is 5.69 Å². The van der Waals surface area contributed by atoms with Gasteiger partial charge in [0.2, 0.25) is 15.9 Å². The minimum atomic E-state index is -3.66. The number of amides is 1. The normalized spacial score (nSPS) is 12.5. The van der Waals surface area contributed by atoms with Crippen molar-refractivity contribution in [2.45, 2.75) is 19.5 Å². The second-order valence-electron chi connectivity index (χ2n) is 5.29. The first-order valence-electron chi connectivity index (χ1n) is 7.20. The number of nitrogens with one attached hydrogen (secondary N) is 1. The third kappa shape index (κ3) is 4.69. The number of benzene rings is 1. The maximum Gasteiger partial charge on any atom is 0.243 e. The molecule has 24 heavy (non-hydrogen) atoms. The van der Waals surface area contributed by atoms with Gasteiger partial charge >= 0.3 is 0 Å². The molecule has 1 amide bonds. The molecule has 1 atom stereocenters. The third-order valence-corrected chi connectivity index (χ3v) is 4.82. The van der Waals surface area contributed by atoms with Gasteiger partial charge in [0.1, 0.15) is 6.04 Å². The van der Waals surface area contributed by atoms with Crippen LogP contribution in [0.1, 0.15) is 12.5 Å². The molecule has 128 valence electrons. The SMILES string of the molecule is C[C@H](C(=O)NCc1cccnc1)N(c1cccc(Cl)c1)S(C)(=O)=O. The number of hydrogen-bond acceptors (Lipinski definition) is 4. The van der Waals surface area contributed by atoms with Gasteiger partial charge in [0.15, 0.2) is 0 Å². The van der Waals surface area contributed by atoms with Crippen LogP contribution in [0, 0.1) is 0 Å². The summed E-state index contributed by atoms with van der Waals surface area (Å²) in [5.41, 5.74) is 1.17. The number of halogens is 1. The summed E-state index contributed by atoms with van der Waals surface area (Å²) in [6.45, 7) is 1.80. The molecule has 0 fully saturated rings. The summed E-state index contributed by atoms with van der Waals surface area (Å²) in [6, 6.07) is 9.04. The highest BCUT2D eigenvalue weighted by Gasteiger charge is 2.29. The first kappa shape index (κ1) is 18.2. The van der Waals surface area contributed by atoms with Crippen LogP contribution in [0.5, 0.6) is 0 Å². The average molecular weight is 368 g/mol. The number of nitrogens with zero attached hydrogens (tertiary/aromatic N) is 2. The van der Waals surface area contributed by atoms with Crippen LogP contribution in [0.2, 0.25) is 5.02 Å². The van der Waals surface area contributed by atoms with Crippen molar-refractivity contribution in [3.63, 3.8) is 0 Å². The van der Waals surface area contributed by atoms with Crippen molar-refractivity contribution in [2.75, 3.05) is 10.6 Å². The molecule has 1 aromatic heterocycles. The first-order chi connectivity index (χ1) is 11.3. The van der Waals surface area contributed by atoms with E-state index in [0.717, 1.165) is 16.1 Å². The van der Waals surface area contributed by atoms with Crippen LogP contribution in [0.25, 0.3) is 0 Å². The van der Waals surface area contributed by atoms with E-state index in [-0.39, 0.29) is 6.54 Å². The summed E-state index contributed by atoms with van der Waals surface area (Å²) in [5.74, 6) is -0.413. The lowest BCUT2D eigenvalue weighted by molar-refractivity contribution is -0.122. The maximum absolute atomic E-state index is 12.4. The second-order valence-corrected chi connectivity index (χ2v) is 7.59. The Kier molecular flexibility index (Phi) is 5.80. The molecule has 1 aromatic carbocycles. The molecule has 8 heteroatoms. The molecule has 6 nitrogen and oxygen atoms in total. The Morgan fingerprint density at radius 3 is 2.67 bits per heavy atom. The van der Waals surface area contributed by atoms with Gasteiger partial charge in [0, 0.05) is 24.0 Å². The van der Waals surface area contributed by atoms with Gasteiger partial charge in [-0.15, -0.1) is 0 Å². The van der Waals surface area contributed by atoms with Crippen LogP contribution in [0.3, 0.4) is 0 Å². The zero-order valence-corrected chi connectivity index (χ0v) is 14.9. The van der Waals surface area contributed by atoms with Gasteiger partial charge in [0.05, 0.1) is 11.9 Å². The van der Waals surface area contributed by atoms with Crippen molar-refractivity contribution in [1.29, 1.82) is 0 Å². The Morgan fingerprint density at radius 2 is 2.08 bits per heavy atom. The van der Waals surface area contributed by atoms with Gasteiger partial charge in [-0.05, 0) is 36.8 Å². The molecule has 0 aliphatic rings. The topological polar surface area (TPSA) is 79.4 Å². The summed E-state index contributed by atoms with van der Waals surface area (Å²) in [6.07, 6.45) is 4.33. The predicted octanol–water partition coefficient (Wildman–Crippen LogP) is 2.21. The minimum Gasteiger partial charge on any atom is -0.350 e. The van der Waals surface area contributed by atoms with Crippen LogP contribution in [0.15, 0.2) is 48.8 Å². The summed E-state index contributed by atoms with van der Waals surface area (Å²) in [7, 11) is -3.66. The van der Waals surface area contributed by atoms with E-state index in [1.807, 2.05) is 6.07 Å². The molecule has 0 aliphatic carbocycles. The molecular weight excluding hydrogens is 350 g/mol. The van der Waals surface area contributed by atoms with E-state index >= 15 is 0 Å². The van der Waals surface area contributed by atoms with E-state index in [1.54, 1.807) is 36.7 Å². The smallest absolute Gasteiger partial charge is 0.243 e. The molecular formula is C16H18ClN3O3S. The lowest BCUT2D eigenvalue weighted by atomic mass is 10.2.